The lowest BCUT2D eigenvalue weighted by Gasteiger charge is -2.12. The van der Waals surface area contributed by atoms with Gasteiger partial charge in [-0.3, -0.25) is 0 Å². The molecule has 1 heterocycles. The van der Waals surface area contributed by atoms with Gasteiger partial charge in [0.15, 0.2) is 0 Å². The standard InChI is InChI=1S/C14H19NO2S/c15-14(18)12-7-1-2-8-13(12)17-10-4-6-11-5-3-9-16-11/h1-2,7-8,11H,3-6,9-10H2,(H2,15,18). The lowest BCUT2D eigenvalue weighted by Crippen LogP contribution is -2.13. The molecule has 0 saturated carbocycles. The summed E-state index contributed by atoms with van der Waals surface area (Å²) in [5.41, 5.74) is 6.46. The van der Waals surface area contributed by atoms with Gasteiger partial charge in [-0.15, -0.1) is 0 Å². The second-order valence-corrected chi connectivity index (χ2v) is 4.93. The molecule has 1 aromatic rings. The van der Waals surface area contributed by atoms with E-state index in [2.05, 4.69) is 0 Å². The van der Waals surface area contributed by atoms with Crippen molar-refractivity contribution in [2.24, 2.45) is 5.73 Å². The van der Waals surface area contributed by atoms with Gasteiger partial charge in [-0.25, -0.2) is 0 Å². The molecule has 4 heteroatoms. The molecule has 1 aliphatic rings. The second kappa shape index (κ2) is 6.71. The van der Waals surface area contributed by atoms with E-state index >= 15 is 0 Å². The molecule has 0 aromatic heterocycles. The van der Waals surface area contributed by atoms with Crippen LogP contribution in [-0.2, 0) is 4.74 Å². The molecule has 1 aliphatic heterocycles. The van der Waals surface area contributed by atoms with Crippen LogP contribution in [0.4, 0.5) is 0 Å². The van der Waals surface area contributed by atoms with Crippen molar-refractivity contribution in [1.29, 1.82) is 0 Å². The molecule has 0 amide bonds. The first-order valence-corrected chi connectivity index (χ1v) is 6.81. The van der Waals surface area contributed by atoms with Gasteiger partial charge in [0.25, 0.3) is 0 Å². The van der Waals surface area contributed by atoms with E-state index in [4.69, 9.17) is 27.4 Å². The maximum absolute atomic E-state index is 5.74. The topological polar surface area (TPSA) is 44.5 Å². The highest BCUT2D eigenvalue weighted by molar-refractivity contribution is 7.80. The van der Waals surface area contributed by atoms with Crippen molar-refractivity contribution < 1.29 is 9.47 Å². The Labute approximate surface area is 113 Å². The summed E-state index contributed by atoms with van der Waals surface area (Å²) in [4.78, 5) is 0.379. The first kappa shape index (κ1) is 13.3. The lowest BCUT2D eigenvalue weighted by atomic mass is 10.1. The molecule has 0 bridgehead atoms. The van der Waals surface area contributed by atoms with E-state index in [-0.39, 0.29) is 0 Å². The van der Waals surface area contributed by atoms with Crippen LogP contribution in [0.1, 0.15) is 31.2 Å². The van der Waals surface area contributed by atoms with E-state index < -0.39 is 0 Å². The maximum Gasteiger partial charge on any atom is 0.129 e. The fourth-order valence-corrected chi connectivity index (χ4v) is 2.33. The van der Waals surface area contributed by atoms with E-state index in [1.54, 1.807) is 0 Å². The van der Waals surface area contributed by atoms with Crippen LogP contribution in [-0.4, -0.2) is 24.3 Å². The SMILES string of the molecule is NC(=S)c1ccccc1OCCCC1CCCO1. The first-order chi connectivity index (χ1) is 8.77. The summed E-state index contributed by atoms with van der Waals surface area (Å²) in [5, 5.41) is 0. The number of nitrogens with two attached hydrogens (primary N) is 1. The molecule has 1 atom stereocenters. The fourth-order valence-electron chi connectivity index (χ4n) is 2.16. The minimum atomic E-state index is 0.379. The average molecular weight is 265 g/mol. The Morgan fingerprint density at radius 3 is 3.00 bits per heavy atom. The number of benzene rings is 1. The third-order valence-corrected chi connectivity index (χ3v) is 3.32. The van der Waals surface area contributed by atoms with E-state index in [0.29, 0.717) is 17.7 Å². The van der Waals surface area contributed by atoms with Gasteiger partial charge in [0.05, 0.1) is 18.3 Å². The summed E-state index contributed by atoms with van der Waals surface area (Å²) in [5.74, 6) is 0.775. The Morgan fingerprint density at radius 2 is 2.28 bits per heavy atom. The first-order valence-electron chi connectivity index (χ1n) is 6.40. The molecule has 0 aliphatic carbocycles. The number of thiocarbonyl (C=S) groups is 1. The van der Waals surface area contributed by atoms with Crippen LogP contribution in [0.15, 0.2) is 24.3 Å². The number of rotatable bonds is 6. The van der Waals surface area contributed by atoms with Gasteiger partial charge in [-0.05, 0) is 37.8 Å². The van der Waals surface area contributed by atoms with Gasteiger partial charge in [0.2, 0.25) is 0 Å². The zero-order chi connectivity index (χ0) is 12.8. The molecule has 0 radical (unpaired) electrons. The molecule has 1 fully saturated rings. The Kier molecular flexibility index (Phi) is 4.96. The Hall–Kier alpha value is -1.13. The number of hydrogen-bond acceptors (Lipinski definition) is 3. The number of ether oxygens (including phenoxy) is 2. The van der Waals surface area contributed by atoms with Gasteiger partial charge >= 0.3 is 0 Å². The lowest BCUT2D eigenvalue weighted by molar-refractivity contribution is 0.0981. The van der Waals surface area contributed by atoms with Crippen molar-refractivity contribution in [1.82, 2.24) is 0 Å². The van der Waals surface area contributed by atoms with E-state index in [1.807, 2.05) is 24.3 Å². The third-order valence-electron chi connectivity index (χ3n) is 3.10. The minimum Gasteiger partial charge on any atom is -0.493 e. The van der Waals surface area contributed by atoms with Crippen molar-refractivity contribution in [3.05, 3.63) is 29.8 Å². The van der Waals surface area contributed by atoms with Gasteiger partial charge in [-0.2, -0.15) is 0 Å². The zero-order valence-electron chi connectivity index (χ0n) is 10.4. The third kappa shape index (κ3) is 3.68. The summed E-state index contributed by atoms with van der Waals surface area (Å²) < 4.78 is 11.3. The summed E-state index contributed by atoms with van der Waals surface area (Å²) in [6, 6.07) is 7.63. The maximum atomic E-state index is 5.74. The van der Waals surface area contributed by atoms with Gasteiger partial charge in [0, 0.05) is 6.61 Å². The Balaban J connectivity index is 1.77. The Morgan fingerprint density at radius 1 is 1.44 bits per heavy atom. The summed E-state index contributed by atoms with van der Waals surface area (Å²) in [6.07, 6.45) is 4.87. The molecule has 1 aromatic carbocycles. The molecule has 2 N–H and O–H groups in total. The predicted octanol–water partition coefficient (Wildman–Crippen LogP) is 2.66. The minimum absolute atomic E-state index is 0.379. The summed E-state index contributed by atoms with van der Waals surface area (Å²) >= 11 is 4.99. The van der Waals surface area contributed by atoms with E-state index in [9.17, 15) is 0 Å². The molecule has 2 rings (SSSR count). The van der Waals surface area contributed by atoms with Crippen LogP contribution in [0.2, 0.25) is 0 Å². The van der Waals surface area contributed by atoms with Gasteiger partial charge in [0.1, 0.15) is 10.7 Å². The van der Waals surface area contributed by atoms with E-state index in [1.165, 1.54) is 12.8 Å². The van der Waals surface area contributed by atoms with Crippen molar-refractivity contribution >= 4 is 17.2 Å². The van der Waals surface area contributed by atoms with Crippen molar-refractivity contribution in [2.45, 2.75) is 31.8 Å². The van der Waals surface area contributed by atoms with Gasteiger partial charge in [-0.1, -0.05) is 24.4 Å². The van der Waals surface area contributed by atoms with Crippen LogP contribution >= 0.6 is 12.2 Å². The predicted molar refractivity (Wildman–Crippen MR) is 76.0 cm³/mol. The van der Waals surface area contributed by atoms with Crippen LogP contribution < -0.4 is 10.5 Å². The molecule has 1 unspecified atom stereocenters. The second-order valence-electron chi connectivity index (χ2n) is 4.49. The molecular weight excluding hydrogens is 246 g/mol. The highest BCUT2D eigenvalue weighted by Gasteiger charge is 2.14. The van der Waals surface area contributed by atoms with E-state index in [0.717, 1.165) is 30.8 Å². The number of para-hydroxylation sites is 1. The largest absolute Gasteiger partial charge is 0.493 e. The van der Waals surface area contributed by atoms with Gasteiger partial charge < -0.3 is 15.2 Å². The smallest absolute Gasteiger partial charge is 0.129 e. The normalized spacial score (nSPS) is 18.8. The average Bonchev–Trinajstić information content (AvgIpc) is 2.88. The Bertz CT molecular complexity index is 403. The van der Waals surface area contributed by atoms with Crippen LogP contribution in [0.3, 0.4) is 0 Å². The summed E-state index contributed by atoms with van der Waals surface area (Å²) in [6.45, 7) is 1.59. The molecule has 1 saturated heterocycles. The highest BCUT2D eigenvalue weighted by atomic mass is 32.1. The van der Waals surface area contributed by atoms with Crippen LogP contribution in [0, 0.1) is 0 Å². The zero-order valence-corrected chi connectivity index (χ0v) is 11.2. The molecule has 3 nitrogen and oxygen atoms in total. The van der Waals surface area contributed by atoms with Crippen molar-refractivity contribution in [3.63, 3.8) is 0 Å². The summed E-state index contributed by atoms with van der Waals surface area (Å²) in [7, 11) is 0. The van der Waals surface area contributed by atoms with Crippen LogP contribution in [0.5, 0.6) is 5.75 Å². The van der Waals surface area contributed by atoms with Crippen molar-refractivity contribution in [2.75, 3.05) is 13.2 Å². The van der Waals surface area contributed by atoms with Crippen LogP contribution in [0.25, 0.3) is 0 Å². The quantitative estimate of drug-likeness (QED) is 0.634. The number of hydrogen-bond donors (Lipinski definition) is 1. The molecule has 98 valence electrons. The fraction of sp³-hybridized carbons (Fsp3) is 0.500. The highest BCUT2D eigenvalue weighted by Crippen LogP contribution is 2.20. The van der Waals surface area contributed by atoms with Crippen molar-refractivity contribution in [3.8, 4) is 5.75 Å². The monoisotopic (exact) mass is 265 g/mol. The molecular formula is C14H19NO2S. The molecule has 18 heavy (non-hydrogen) atoms. The molecule has 0 spiro atoms.